The van der Waals surface area contributed by atoms with E-state index in [1.54, 1.807) is 0 Å². The highest BCUT2D eigenvalue weighted by atomic mass is 31.2. The van der Waals surface area contributed by atoms with Crippen molar-refractivity contribution in [1.82, 2.24) is 20.0 Å². The average Bonchev–Trinajstić information content (AvgIpc) is 3.44. The summed E-state index contributed by atoms with van der Waals surface area (Å²) < 4.78 is 21.9. The van der Waals surface area contributed by atoms with E-state index in [2.05, 4.69) is 5.32 Å². The lowest BCUT2D eigenvalue weighted by Gasteiger charge is -2.38. The van der Waals surface area contributed by atoms with E-state index in [1.807, 2.05) is 6.92 Å². The number of cyclic esters (lactones) is 1. The van der Waals surface area contributed by atoms with Crippen LogP contribution in [0, 0.1) is 5.92 Å². The number of phosphoric ester groups is 1. The highest BCUT2D eigenvalue weighted by Crippen LogP contribution is 2.41. The Kier molecular flexibility index (Phi) is 8.70. The monoisotopic (exact) mass is 572 g/mol. The van der Waals surface area contributed by atoms with Crippen LogP contribution in [0.4, 0.5) is 0 Å². The standard InChI is InChI=1S/C24H37N4O10P/c1-13-8-19-24(33)37-14(2)9-20(29)27-12-16(38-39(34,35)36)10-18(27)23(32)26-7-5-4-6-17(26)21(30)25-15(3)22(31)28(19)11-13/h13-19H,4-12H2,1-3H3,(H,25,30)(H2,34,35,36)/t13-,14?,15?,16-,17?,18?,19?/m1/s1. The van der Waals surface area contributed by atoms with E-state index in [4.69, 9.17) is 9.26 Å². The van der Waals surface area contributed by atoms with Crippen LogP contribution in [0.25, 0.3) is 0 Å². The van der Waals surface area contributed by atoms with Gasteiger partial charge in [0, 0.05) is 26.1 Å². The third-order valence-electron chi connectivity index (χ3n) is 7.82. The summed E-state index contributed by atoms with van der Waals surface area (Å²) in [5.74, 6) is -2.68. The van der Waals surface area contributed by atoms with Gasteiger partial charge < -0.3 is 34.5 Å². The number of phosphoric acid groups is 1. The predicted molar refractivity (Wildman–Crippen MR) is 133 cm³/mol. The Morgan fingerprint density at radius 1 is 0.897 bits per heavy atom. The number of rotatable bonds is 2. The molecule has 4 saturated heterocycles. The van der Waals surface area contributed by atoms with Gasteiger partial charge in [-0.3, -0.25) is 23.7 Å². The molecule has 0 bridgehead atoms. The number of carbonyl (C=O) groups is 5. The molecule has 4 aliphatic heterocycles. The minimum atomic E-state index is -4.90. The van der Waals surface area contributed by atoms with Crippen molar-refractivity contribution in [2.24, 2.45) is 5.92 Å². The van der Waals surface area contributed by atoms with Crippen molar-refractivity contribution in [3.05, 3.63) is 0 Å². The summed E-state index contributed by atoms with van der Waals surface area (Å²) in [5, 5.41) is 2.71. The van der Waals surface area contributed by atoms with E-state index in [1.165, 1.54) is 28.5 Å². The summed E-state index contributed by atoms with van der Waals surface area (Å²) in [6, 6.07) is -3.81. The van der Waals surface area contributed by atoms with E-state index in [-0.39, 0.29) is 31.8 Å². The van der Waals surface area contributed by atoms with Crippen LogP contribution in [0.5, 0.6) is 0 Å². The van der Waals surface area contributed by atoms with Crippen molar-refractivity contribution < 1.29 is 47.6 Å². The maximum absolute atomic E-state index is 13.8. The molecular formula is C24H37N4O10P. The van der Waals surface area contributed by atoms with Gasteiger partial charge >= 0.3 is 13.8 Å². The molecule has 218 valence electrons. The van der Waals surface area contributed by atoms with Crippen molar-refractivity contribution >= 4 is 37.4 Å². The zero-order valence-corrected chi connectivity index (χ0v) is 23.2. The van der Waals surface area contributed by atoms with Crippen molar-refractivity contribution in [2.45, 2.75) is 95.7 Å². The average molecular weight is 573 g/mol. The Bertz CT molecular complexity index is 1070. The molecule has 14 nitrogen and oxygen atoms in total. The minimum absolute atomic E-state index is 0.0243. The Labute approximate surface area is 226 Å². The Morgan fingerprint density at radius 2 is 1.62 bits per heavy atom. The molecule has 0 aromatic carbocycles. The number of carbonyl (C=O) groups excluding carboxylic acids is 5. The number of ether oxygens (including phenoxy) is 1. The second-order valence-corrected chi connectivity index (χ2v) is 12.3. The Hall–Kier alpha value is -2.54. The second-order valence-electron chi connectivity index (χ2n) is 11.1. The van der Waals surface area contributed by atoms with Gasteiger partial charge in [0.2, 0.25) is 23.6 Å². The van der Waals surface area contributed by atoms with Crippen LogP contribution in [0.1, 0.15) is 59.3 Å². The number of nitrogens with one attached hydrogen (secondary N) is 1. The van der Waals surface area contributed by atoms with Crippen LogP contribution >= 0.6 is 7.82 Å². The van der Waals surface area contributed by atoms with E-state index in [9.17, 15) is 38.3 Å². The summed E-state index contributed by atoms with van der Waals surface area (Å²) in [4.78, 5) is 89.4. The molecule has 0 aliphatic carbocycles. The van der Waals surface area contributed by atoms with E-state index >= 15 is 0 Å². The van der Waals surface area contributed by atoms with Gasteiger partial charge in [0.15, 0.2) is 0 Å². The molecule has 4 fully saturated rings. The number of piperidine rings is 1. The SMILES string of the molecule is CC1CC(=O)N2C[C@H](OP(=O)(O)O)CC2C(=O)N2CCCCC2C(=O)NC(C)C(=O)N2C[C@H](C)CC2C(=O)O1. The van der Waals surface area contributed by atoms with E-state index < -0.39 is 73.8 Å². The fraction of sp³-hybridized carbons (Fsp3) is 0.792. The number of esters is 1. The highest BCUT2D eigenvalue weighted by molar-refractivity contribution is 7.46. The smallest absolute Gasteiger partial charge is 0.461 e. The second kappa shape index (κ2) is 11.5. The van der Waals surface area contributed by atoms with Gasteiger partial charge in [0.05, 0.1) is 12.5 Å². The zero-order chi connectivity index (χ0) is 28.6. The van der Waals surface area contributed by atoms with E-state index in [0.29, 0.717) is 32.2 Å². The fourth-order valence-corrected chi connectivity index (χ4v) is 6.59. The predicted octanol–water partition coefficient (Wildman–Crippen LogP) is -0.477. The first-order valence-electron chi connectivity index (χ1n) is 13.4. The summed E-state index contributed by atoms with van der Waals surface area (Å²) in [6.07, 6.45) is -0.396. The number of hydrogen-bond acceptors (Lipinski definition) is 8. The van der Waals surface area contributed by atoms with Gasteiger partial charge in [0.1, 0.15) is 30.3 Å². The molecule has 0 aromatic heterocycles. The summed E-state index contributed by atoms with van der Waals surface area (Å²) in [6.45, 7) is 5.29. The van der Waals surface area contributed by atoms with Crippen LogP contribution in [-0.4, -0.2) is 110 Å². The first kappa shape index (κ1) is 29.4. The summed E-state index contributed by atoms with van der Waals surface area (Å²) >= 11 is 0. The number of fused-ring (bicyclic) bond motifs is 3. The van der Waals surface area contributed by atoms with Crippen LogP contribution < -0.4 is 5.32 Å². The molecule has 0 spiro atoms. The maximum atomic E-state index is 13.8. The van der Waals surface area contributed by atoms with Crippen molar-refractivity contribution in [3.8, 4) is 0 Å². The molecule has 4 rings (SSSR count). The van der Waals surface area contributed by atoms with Crippen LogP contribution in [0.15, 0.2) is 0 Å². The van der Waals surface area contributed by atoms with Crippen molar-refractivity contribution in [1.29, 1.82) is 0 Å². The third-order valence-corrected chi connectivity index (χ3v) is 8.39. The molecule has 0 saturated carbocycles. The van der Waals surface area contributed by atoms with Gasteiger partial charge in [-0.15, -0.1) is 0 Å². The number of amides is 4. The highest BCUT2D eigenvalue weighted by Gasteiger charge is 2.47. The first-order valence-corrected chi connectivity index (χ1v) is 14.9. The van der Waals surface area contributed by atoms with E-state index in [0.717, 1.165) is 0 Å². The molecule has 7 atom stereocenters. The molecular weight excluding hydrogens is 535 g/mol. The molecule has 0 radical (unpaired) electrons. The number of nitrogens with zero attached hydrogens (tertiary/aromatic N) is 3. The molecule has 3 N–H and O–H groups in total. The van der Waals surface area contributed by atoms with Gasteiger partial charge in [-0.05, 0) is 45.4 Å². The van der Waals surface area contributed by atoms with Gasteiger partial charge in [0.25, 0.3) is 0 Å². The summed E-state index contributed by atoms with van der Waals surface area (Å²) in [7, 11) is -4.90. The maximum Gasteiger partial charge on any atom is 0.469 e. The molecule has 15 heteroatoms. The quantitative estimate of drug-likeness (QED) is 0.289. The first-order chi connectivity index (χ1) is 18.2. The van der Waals surface area contributed by atoms with Crippen LogP contribution in [0.2, 0.25) is 0 Å². The molecule has 5 unspecified atom stereocenters. The lowest BCUT2D eigenvalue weighted by molar-refractivity contribution is -0.160. The lowest BCUT2D eigenvalue weighted by Crippen LogP contribution is -2.59. The Morgan fingerprint density at radius 3 is 2.31 bits per heavy atom. The van der Waals surface area contributed by atoms with Crippen molar-refractivity contribution in [2.75, 3.05) is 19.6 Å². The van der Waals surface area contributed by atoms with Gasteiger partial charge in [-0.25, -0.2) is 9.36 Å². The molecule has 4 amide bonds. The molecule has 39 heavy (non-hydrogen) atoms. The van der Waals surface area contributed by atoms with Gasteiger partial charge in [-0.2, -0.15) is 0 Å². The minimum Gasteiger partial charge on any atom is -0.461 e. The summed E-state index contributed by atoms with van der Waals surface area (Å²) in [5.41, 5.74) is 0. The van der Waals surface area contributed by atoms with Crippen molar-refractivity contribution in [3.63, 3.8) is 0 Å². The molecule has 4 aliphatic rings. The molecule has 0 aromatic rings. The van der Waals surface area contributed by atoms with Crippen LogP contribution in [-0.2, 0) is 37.8 Å². The fourth-order valence-electron chi connectivity index (χ4n) is 6.05. The van der Waals surface area contributed by atoms with Crippen LogP contribution in [0.3, 0.4) is 0 Å². The Balaban J connectivity index is 1.67. The molecule has 4 heterocycles. The topological polar surface area (TPSA) is 183 Å². The normalized spacial score (nSPS) is 35.4. The number of hydrogen-bond donors (Lipinski definition) is 3. The van der Waals surface area contributed by atoms with Gasteiger partial charge in [-0.1, -0.05) is 6.92 Å². The third kappa shape index (κ3) is 6.62. The largest absolute Gasteiger partial charge is 0.469 e. The zero-order valence-electron chi connectivity index (χ0n) is 22.4. The lowest BCUT2D eigenvalue weighted by atomic mass is 9.99.